The Labute approximate surface area is 137 Å². The maximum absolute atomic E-state index is 12.5. The summed E-state index contributed by atoms with van der Waals surface area (Å²) >= 11 is 3.43. The summed E-state index contributed by atoms with van der Waals surface area (Å²) in [6, 6.07) is 14.2. The second kappa shape index (κ2) is 7.34. The molecule has 0 fully saturated rings. The van der Waals surface area contributed by atoms with Crippen LogP contribution >= 0.6 is 15.9 Å². The smallest absolute Gasteiger partial charge is 0.0549 e. The highest BCUT2D eigenvalue weighted by molar-refractivity contribution is 9.10. The molecule has 0 aromatic heterocycles. The molecule has 2 atom stereocenters. The first-order valence-corrected chi connectivity index (χ1v) is 9.01. The summed E-state index contributed by atoms with van der Waals surface area (Å²) in [6.45, 7) is 4.21. The molecule has 0 aliphatic heterocycles. The fourth-order valence-electron chi connectivity index (χ4n) is 2.18. The van der Waals surface area contributed by atoms with Gasteiger partial charge >= 0.3 is 0 Å². The van der Waals surface area contributed by atoms with Gasteiger partial charge < -0.3 is 5.32 Å². The van der Waals surface area contributed by atoms with Gasteiger partial charge in [-0.3, -0.25) is 4.21 Å². The molecule has 2 rings (SSSR count). The minimum atomic E-state index is -1.03. The molecular weight excluding hydrogens is 346 g/mol. The van der Waals surface area contributed by atoms with E-state index in [1.807, 2.05) is 31.3 Å². The van der Waals surface area contributed by atoms with E-state index in [0.29, 0.717) is 5.75 Å². The third-order valence-electron chi connectivity index (χ3n) is 3.66. The van der Waals surface area contributed by atoms with Crippen LogP contribution in [0.4, 0.5) is 0 Å². The molecule has 0 radical (unpaired) electrons. The number of rotatable bonds is 5. The maximum Gasteiger partial charge on any atom is 0.0549 e. The predicted octanol–water partition coefficient (Wildman–Crippen LogP) is 4.13. The van der Waals surface area contributed by atoms with Gasteiger partial charge in [0, 0.05) is 21.2 Å². The summed E-state index contributed by atoms with van der Waals surface area (Å²) in [7, 11) is 0.886. The Morgan fingerprint density at radius 1 is 1.14 bits per heavy atom. The van der Waals surface area contributed by atoms with Gasteiger partial charge in [0.25, 0.3) is 0 Å². The molecule has 2 nitrogen and oxygen atoms in total. The SMILES string of the molecule is CNC(CS(=O)c1cccc(Br)c1)c1ccc(C)c(C)c1. The zero-order chi connectivity index (χ0) is 15.4. The molecular formula is C17H20BrNOS. The zero-order valence-corrected chi connectivity index (χ0v) is 14.9. The maximum atomic E-state index is 12.5. The van der Waals surface area contributed by atoms with Crippen molar-refractivity contribution in [3.8, 4) is 0 Å². The van der Waals surface area contributed by atoms with E-state index < -0.39 is 10.8 Å². The van der Waals surface area contributed by atoms with Crippen molar-refractivity contribution >= 4 is 26.7 Å². The van der Waals surface area contributed by atoms with Gasteiger partial charge in [0.1, 0.15) is 0 Å². The van der Waals surface area contributed by atoms with Crippen molar-refractivity contribution in [2.24, 2.45) is 0 Å². The fourth-order valence-corrected chi connectivity index (χ4v) is 4.08. The molecule has 0 amide bonds. The Bertz CT molecular complexity index is 657. The summed E-state index contributed by atoms with van der Waals surface area (Å²) in [5.41, 5.74) is 3.73. The Balaban J connectivity index is 2.18. The van der Waals surface area contributed by atoms with Crippen LogP contribution in [0, 0.1) is 13.8 Å². The number of benzene rings is 2. The standard InChI is InChI=1S/C17H20BrNOS/c1-12-7-8-14(9-13(12)2)17(19-3)11-21(20)16-6-4-5-15(18)10-16/h4-10,17,19H,11H2,1-3H3. The van der Waals surface area contributed by atoms with Gasteiger partial charge in [0.05, 0.1) is 10.8 Å². The average Bonchev–Trinajstić information content (AvgIpc) is 2.47. The van der Waals surface area contributed by atoms with Crippen LogP contribution in [0.15, 0.2) is 51.8 Å². The molecule has 112 valence electrons. The van der Waals surface area contributed by atoms with Crippen LogP contribution in [-0.2, 0) is 10.8 Å². The van der Waals surface area contributed by atoms with Gasteiger partial charge in [-0.15, -0.1) is 0 Å². The van der Waals surface area contributed by atoms with E-state index in [4.69, 9.17) is 0 Å². The van der Waals surface area contributed by atoms with Crippen LogP contribution in [0.1, 0.15) is 22.7 Å². The van der Waals surface area contributed by atoms with E-state index in [1.165, 1.54) is 16.7 Å². The highest BCUT2D eigenvalue weighted by Crippen LogP contribution is 2.21. The first-order valence-electron chi connectivity index (χ1n) is 6.89. The molecule has 0 saturated heterocycles. The Morgan fingerprint density at radius 2 is 1.90 bits per heavy atom. The van der Waals surface area contributed by atoms with Gasteiger partial charge in [0.15, 0.2) is 0 Å². The molecule has 2 unspecified atom stereocenters. The van der Waals surface area contributed by atoms with Crippen molar-refractivity contribution in [2.75, 3.05) is 12.8 Å². The molecule has 0 heterocycles. The summed E-state index contributed by atoms with van der Waals surface area (Å²) in [4.78, 5) is 0.855. The van der Waals surface area contributed by atoms with Crippen LogP contribution in [0.5, 0.6) is 0 Å². The predicted molar refractivity (Wildman–Crippen MR) is 93.1 cm³/mol. The van der Waals surface area contributed by atoms with Crippen LogP contribution in [0.25, 0.3) is 0 Å². The molecule has 0 saturated carbocycles. The first-order chi connectivity index (χ1) is 10.0. The molecule has 0 aliphatic carbocycles. The Kier molecular flexibility index (Phi) is 5.73. The number of hydrogen-bond donors (Lipinski definition) is 1. The second-order valence-electron chi connectivity index (χ2n) is 5.15. The third kappa shape index (κ3) is 4.25. The van der Waals surface area contributed by atoms with Crippen molar-refractivity contribution in [1.82, 2.24) is 5.32 Å². The largest absolute Gasteiger partial charge is 0.312 e. The minimum Gasteiger partial charge on any atom is -0.312 e. The van der Waals surface area contributed by atoms with Crippen LogP contribution in [0.3, 0.4) is 0 Å². The van der Waals surface area contributed by atoms with Gasteiger partial charge in [-0.1, -0.05) is 40.2 Å². The summed E-state index contributed by atoms with van der Waals surface area (Å²) < 4.78 is 13.5. The van der Waals surface area contributed by atoms with E-state index in [9.17, 15) is 4.21 Å². The lowest BCUT2D eigenvalue weighted by Crippen LogP contribution is -2.23. The lowest BCUT2D eigenvalue weighted by atomic mass is 10.0. The van der Waals surface area contributed by atoms with E-state index in [0.717, 1.165) is 9.37 Å². The Hall–Kier alpha value is -0.970. The molecule has 2 aromatic carbocycles. The Morgan fingerprint density at radius 3 is 2.52 bits per heavy atom. The first kappa shape index (κ1) is 16.4. The minimum absolute atomic E-state index is 0.0871. The van der Waals surface area contributed by atoms with Crippen molar-refractivity contribution in [1.29, 1.82) is 0 Å². The quantitative estimate of drug-likeness (QED) is 0.862. The molecule has 0 aliphatic rings. The van der Waals surface area contributed by atoms with Crippen LogP contribution in [0.2, 0.25) is 0 Å². The summed E-state index contributed by atoms with van der Waals surface area (Å²) in [5.74, 6) is 0.565. The number of hydrogen-bond acceptors (Lipinski definition) is 2. The van der Waals surface area contributed by atoms with Gasteiger partial charge in [0.2, 0.25) is 0 Å². The molecule has 1 N–H and O–H groups in total. The van der Waals surface area contributed by atoms with Gasteiger partial charge in [-0.25, -0.2) is 0 Å². The van der Waals surface area contributed by atoms with E-state index in [2.05, 4.69) is 53.3 Å². The summed E-state index contributed by atoms with van der Waals surface area (Å²) in [6.07, 6.45) is 0. The second-order valence-corrected chi connectivity index (χ2v) is 7.57. The van der Waals surface area contributed by atoms with Crippen molar-refractivity contribution in [3.63, 3.8) is 0 Å². The third-order valence-corrected chi connectivity index (χ3v) is 5.57. The number of aryl methyl sites for hydroxylation is 2. The van der Waals surface area contributed by atoms with Crippen molar-refractivity contribution < 1.29 is 4.21 Å². The highest BCUT2D eigenvalue weighted by atomic mass is 79.9. The highest BCUT2D eigenvalue weighted by Gasteiger charge is 2.15. The van der Waals surface area contributed by atoms with Crippen molar-refractivity contribution in [3.05, 3.63) is 63.6 Å². The van der Waals surface area contributed by atoms with Gasteiger partial charge in [-0.05, 0) is 55.8 Å². The van der Waals surface area contributed by atoms with Gasteiger partial charge in [-0.2, -0.15) is 0 Å². The lowest BCUT2D eigenvalue weighted by Gasteiger charge is -2.17. The number of nitrogens with one attached hydrogen (secondary N) is 1. The summed E-state index contributed by atoms with van der Waals surface area (Å²) in [5, 5.41) is 3.28. The van der Waals surface area contributed by atoms with E-state index in [-0.39, 0.29) is 6.04 Å². The normalized spacial score (nSPS) is 13.9. The molecule has 4 heteroatoms. The monoisotopic (exact) mass is 365 g/mol. The fraction of sp³-hybridized carbons (Fsp3) is 0.294. The van der Waals surface area contributed by atoms with E-state index >= 15 is 0 Å². The van der Waals surface area contributed by atoms with E-state index in [1.54, 1.807) is 0 Å². The lowest BCUT2D eigenvalue weighted by molar-refractivity contribution is 0.635. The number of halogens is 1. The molecule has 21 heavy (non-hydrogen) atoms. The molecule has 2 aromatic rings. The molecule has 0 spiro atoms. The molecule has 0 bridgehead atoms. The van der Waals surface area contributed by atoms with Crippen LogP contribution in [-0.4, -0.2) is 17.0 Å². The average molecular weight is 366 g/mol. The van der Waals surface area contributed by atoms with Crippen LogP contribution < -0.4 is 5.32 Å². The van der Waals surface area contributed by atoms with Crippen molar-refractivity contribution in [2.45, 2.75) is 24.8 Å². The topological polar surface area (TPSA) is 29.1 Å². The zero-order valence-electron chi connectivity index (χ0n) is 12.5.